The monoisotopic (exact) mass is 450 g/mol. The summed E-state index contributed by atoms with van der Waals surface area (Å²) in [5.74, 6) is -0.268. The lowest BCUT2D eigenvalue weighted by Crippen LogP contribution is -2.34. The normalized spacial score (nSPS) is 27.6. The predicted octanol–water partition coefficient (Wildman–Crippen LogP) is 2.78. The summed E-state index contributed by atoms with van der Waals surface area (Å²) in [5, 5.41) is 12.4. The largest absolute Gasteiger partial charge is 0.442 e. The second kappa shape index (κ2) is 8.12. The number of aromatic nitrogens is 1. The maximum atomic E-state index is 15.0. The number of rotatable bonds is 6. The van der Waals surface area contributed by atoms with E-state index < -0.39 is 23.4 Å². The van der Waals surface area contributed by atoms with E-state index in [1.807, 2.05) is 0 Å². The molecule has 2 unspecified atom stereocenters. The minimum Gasteiger partial charge on any atom is -0.442 e. The number of halogens is 1. The van der Waals surface area contributed by atoms with Crippen LogP contribution >= 0.6 is 0 Å². The van der Waals surface area contributed by atoms with Crippen LogP contribution in [-0.4, -0.2) is 49.4 Å². The zero-order valence-corrected chi connectivity index (χ0v) is 18.1. The number of carbonyl (C=O) groups excluding carboxylic acids is 2. The van der Waals surface area contributed by atoms with Crippen LogP contribution in [0.2, 0.25) is 0 Å². The average Bonchev–Trinajstić information content (AvgIpc) is 3.13. The first kappa shape index (κ1) is 21.3. The smallest absolute Gasteiger partial charge is 0.414 e. The molecule has 2 aromatic rings. The summed E-state index contributed by atoms with van der Waals surface area (Å²) >= 11 is 0. The summed E-state index contributed by atoms with van der Waals surface area (Å²) in [6, 6.07) is 10.5. The number of amides is 2. The number of carbonyl (C=O) groups is 2. The van der Waals surface area contributed by atoms with Crippen molar-refractivity contribution in [3.8, 4) is 17.2 Å². The number of anilines is 1. The molecule has 0 radical (unpaired) electrons. The van der Waals surface area contributed by atoms with Crippen molar-refractivity contribution in [1.82, 2.24) is 10.3 Å². The highest BCUT2D eigenvalue weighted by Gasteiger charge is 2.70. The van der Waals surface area contributed by atoms with Crippen LogP contribution < -0.4 is 10.2 Å². The summed E-state index contributed by atoms with van der Waals surface area (Å²) in [6.07, 6.45) is 0.856. The van der Waals surface area contributed by atoms with Gasteiger partial charge in [-0.3, -0.25) is 14.7 Å². The standard InChI is InChI=1S/C24H23FN4O4/c1-2-22(30)28-9-16-10-29(23(31)33-16)15-4-5-17(20(25)7-15)14-3-6-21(27-8-14)24(13-26)18-11-32-12-19(18)24/h3-8,16,18-19H,2,9-12H2,1H3,(H,28,30)/t16-,18?,19?,24?/m0/s1. The highest BCUT2D eigenvalue weighted by molar-refractivity contribution is 5.90. The van der Waals surface area contributed by atoms with Gasteiger partial charge in [0.2, 0.25) is 5.91 Å². The first-order chi connectivity index (χ1) is 16.0. The fourth-order valence-electron chi connectivity index (χ4n) is 4.85. The molecule has 170 valence electrons. The van der Waals surface area contributed by atoms with Gasteiger partial charge in [0.05, 0.1) is 43.8 Å². The third-order valence-electron chi connectivity index (χ3n) is 6.81. The Morgan fingerprint density at radius 2 is 2.12 bits per heavy atom. The van der Waals surface area contributed by atoms with Crippen LogP contribution in [0.3, 0.4) is 0 Å². The van der Waals surface area contributed by atoms with Crippen molar-refractivity contribution >= 4 is 17.7 Å². The van der Waals surface area contributed by atoms with Gasteiger partial charge < -0.3 is 14.8 Å². The van der Waals surface area contributed by atoms with Crippen molar-refractivity contribution in [1.29, 1.82) is 5.26 Å². The number of nitrogens with one attached hydrogen (secondary N) is 1. The number of hydrogen-bond donors (Lipinski definition) is 1. The predicted molar refractivity (Wildman–Crippen MR) is 116 cm³/mol. The van der Waals surface area contributed by atoms with Crippen LogP contribution in [-0.2, 0) is 19.7 Å². The molecule has 5 rings (SSSR count). The molecule has 1 aromatic heterocycles. The molecule has 2 amide bonds. The van der Waals surface area contributed by atoms with Crippen LogP contribution in [0.5, 0.6) is 0 Å². The lowest BCUT2D eigenvalue weighted by molar-refractivity contribution is -0.121. The lowest BCUT2D eigenvalue weighted by Gasteiger charge is -2.15. The number of fused-ring (bicyclic) bond motifs is 1. The molecule has 3 aliphatic rings. The van der Waals surface area contributed by atoms with E-state index in [0.717, 1.165) is 0 Å². The van der Waals surface area contributed by atoms with Crippen LogP contribution in [0.15, 0.2) is 36.5 Å². The van der Waals surface area contributed by atoms with Crippen molar-refractivity contribution in [2.45, 2.75) is 24.9 Å². The molecule has 2 aliphatic heterocycles. The Morgan fingerprint density at radius 1 is 1.33 bits per heavy atom. The number of nitriles is 1. The van der Waals surface area contributed by atoms with E-state index in [2.05, 4.69) is 16.4 Å². The molecule has 3 heterocycles. The highest BCUT2D eigenvalue weighted by atomic mass is 19.1. The second-order valence-corrected chi connectivity index (χ2v) is 8.60. The van der Waals surface area contributed by atoms with Crippen molar-refractivity contribution in [2.24, 2.45) is 11.8 Å². The summed E-state index contributed by atoms with van der Waals surface area (Å²) in [5.41, 5.74) is 1.42. The van der Waals surface area contributed by atoms with Gasteiger partial charge in [0.15, 0.2) is 0 Å². The second-order valence-electron chi connectivity index (χ2n) is 8.60. The number of benzene rings is 1. The van der Waals surface area contributed by atoms with Crippen molar-refractivity contribution in [2.75, 3.05) is 31.2 Å². The van der Waals surface area contributed by atoms with E-state index in [4.69, 9.17) is 9.47 Å². The quantitative estimate of drug-likeness (QED) is 0.726. The van der Waals surface area contributed by atoms with Gasteiger partial charge >= 0.3 is 6.09 Å². The summed E-state index contributed by atoms with van der Waals surface area (Å²) in [7, 11) is 0. The summed E-state index contributed by atoms with van der Waals surface area (Å²) in [4.78, 5) is 29.5. The van der Waals surface area contributed by atoms with Crippen LogP contribution in [0.25, 0.3) is 11.1 Å². The molecule has 3 atom stereocenters. The zero-order chi connectivity index (χ0) is 23.2. The number of hydrogen-bond acceptors (Lipinski definition) is 6. The molecule has 2 saturated heterocycles. The molecule has 3 fully saturated rings. The number of ether oxygens (including phenoxy) is 2. The van der Waals surface area contributed by atoms with Gasteiger partial charge in [-0.15, -0.1) is 0 Å². The molecular formula is C24H23FN4O4. The number of nitrogens with zero attached hydrogens (tertiary/aromatic N) is 3. The number of cyclic esters (lactones) is 1. The Hall–Kier alpha value is -3.51. The summed E-state index contributed by atoms with van der Waals surface area (Å²) < 4.78 is 25.7. The van der Waals surface area contributed by atoms with E-state index >= 15 is 0 Å². The number of pyridine rings is 1. The Balaban J connectivity index is 1.30. The molecule has 0 spiro atoms. The van der Waals surface area contributed by atoms with Crippen LogP contribution in [0, 0.1) is 29.0 Å². The molecular weight excluding hydrogens is 427 g/mol. The van der Waals surface area contributed by atoms with Gasteiger partial charge in [0.25, 0.3) is 0 Å². The summed E-state index contributed by atoms with van der Waals surface area (Å²) in [6.45, 7) is 3.32. The molecule has 1 N–H and O–H groups in total. The van der Waals surface area contributed by atoms with Crippen molar-refractivity contribution < 1.29 is 23.5 Å². The Kier molecular flexibility index (Phi) is 5.25. The maximum Gasteiger partial charge on any atom is 0.414 e. The molecule has 1 aromatic carbocycles. The van der Waals surface area contributed by atoms with Gasteiger partial charge in [-0.05, 0) is 24.3 Å². The van der Waals surface area contributed by atoms with Crippen LogP contribution in [0.1, 0.15) is 19.0 Å². The van der Waals surface area contributed by atoms with Gasteiger partial charge in [0.1, 0.15) is 17.3 Å². The first-order valence-corrected chi connectivity index (χ1v) is 11.0. The fourth-order valence-corrected chi connectivity index (χ4v) is 4.85. The molecule has 33 heavy (non-hydrogen) atoms. The van der Waals surface area contributed by atoms with E-state index in [9.17, 15) is 19.2 Å². The molecule has 8 nitrogen and oxygen atoms in total. The average molecular weight is 450 g/mol. The molecule has 1 aliphatic carbocycles. The van der Waals surface area contributed by atoms with Crippen LogP contribution in [0.4, 0.5) is 14.9 Å². The minimum absolute atomic E-state index is 0.126. The van der Waals surface area contributed by atoms with E-state index in [0.29, 0.717) is 42.1 Å². The Labute approximate surface area is 190 Å². The van der Waals surface area contributed by atoms with E-state index in [-0.39, 0.29) is 30.8 Å². The third kappa shape index (κ3) is 3.51. The molecule has 1 saturated carbocycles. The van der Waals surface area contributed by atoms with Crippen molar-refractivity contribution in [3.63, 3.8) is 0 Å². The molecule has 9 heteroatoms. The van der Waals surface area contributed by atoms with Gasteiger partial charge in [-0.25, -0.2) is 9.18 Å². The van der Waals surface area contributed by atoms with Crippen molar-refractivity contribution in [3.05, 3.63) is 48.0 Å². The Bertz CT molecular complexity index is 1140. The van der Waals surface area contributed by atoms with Gasteiger partial charge in [0, 0.05) is 35.6 Å². The minimum atomic E-state index is -0.595. The van der Waals surface area contributed by atoms with E-state index in [1.54, 1.807) is 37.4 Å². The van der Waals surface area contributed by atoms with Gasteiger partial charge in [-0.2, -0.15) is 5.26 Å². The fraction of sp³-hybridized carbons (Fsp3) is 0.417. The maximum absolute atomic E-state index is 15.0. The molecule has 0 bridgehead atoms. The highest BCUT2D eigenvalue weighted by Crippen LogP contribution is 2.62. The zero-order valence-electron chi connectivity index (χ0n) is 18.1. The first-order valence-electron chi connectivity index (χ1n) is 11.0. The van der Waals surface area contributed by atoms with Gasteiger partial charge in [-0.1, -0.05) is 13.0 Å². The van der Waals surface area contributed by atoms with E-state index in [1.165, 1.54) is 11.0 Å². The topological polar surface area (TPSA) is 105 Å². The SMILES string of the molecule is CCC(=O)NC[C@H]1CN(c2ccc(-c3ccc(C4(C#N)C5COCC54)nc3)c(F)c2)C(=O)O1. The lowest BCUT2D eigenvalue weighted by atomic mass is 9.96. The third-order valence-corrected chi connectivity index (χ3v) is 6.81. The Morgan fingerprint density at radius 3 is 2.76 bits per heavy atom.